The first-order chi connectivity index (χ1) is 11.5. The SMILES string of the molecule is CCN1C(C)=C(C(=O)OC2OC(=O)c3ccccc32)N2C(=O)C[C@@H]12. The van der Waals surface area contributed by atoms with Crippen LogP contribution in [0.25, 0.3) is 0 Å². The molecule has 0 N–H and O–H groups in total. The first kappa shape index (κ1) is 14.7. The summed E-state index contributed by atoms with van der Waals surface area (Å²) in [4.78, 5) is 39.8. The van der Waals surface area contributed by atoms with Crippen molar-refractivity contribution in [3.63, 3.8) is 0 Å². The summed E-state index contributed by atoms with van der Waals surface area (Å²) >= 11 is 0. The quantitative estimate of drug-likeness (QED) is 0.618. The highest BCUT2D eigenvalue weighted by atomic mass is 16.7. The molecule has 3 aliphatic rings. The van der Waals surface area contributed by atoms with Gasteiger partial charge in [-0.2, -0.15) is 0 Å². The van der Waals surface area contributed by atoms with Gasteiger partial charge < -0.3 is 14.4 Å². The summed E-state index contributed by atoms with van der Waals surface area (Å²) in [6, 6.07) is 6.77. The zero-order valence-corrected chi connectivity index (χ0v) is 13.3. The van der Waals surface area contributed by atoms with Crippen molar-refractivity contribution in [2.75, 3.05) is 6.54 Å². The maximum absolute atomic E-state index is 12.6. The number of hydrogen-bond donors (Lipinski definition) is 0. The summed E-state index contributed by atoms with van der Waals surface area (Å²) in [5.74, 6) is -1.28. The van der Waals surface area contributed by atoms with Gasteiger partial charge in [-0.15, -0.1) is 0 Å². The predicted molar refractivity (Wildman–Crippen MR) is 81.0 cm³/mol. The van der Waals surface area contributed by atoms with Crippen LogP contribution in [0.3, 0.4) is 0 Å². The molecule has 0 bridgehead atoms. The molecule has 4 rings (SSSR count). The molecule has 1 unspecified atom stereocenters. The Bertz CT molecular complexity index is 800. The van der Waals surface area contributed by atoms with Gasteiger partial charge in [-0.1, -0.05) is 18.2 Å². The van der Waals surface area contributed by atoms with Crippen molar-refractivity contribution in [1.82, 2.24) is 9.80 Å². The van der Waals surface area contributed by atoms with Crippen LogP contribution in [0, 0.1) is 0 Å². The molecule has 0 radical (unpaired) electrons. The normalized spacial score (nSPS) is 24.6. The van der Waals surface area contributed by atoms with E-state index in [2.05, 4.69) is 0 Å². The zero-order chi connectivity index (χ0) is 17.0. The summed E-state index contributed by atoms with van der Waals surface area (Å²) in [5.41, 5.74) is 1.85. The highest BCUT2D eigenvalue weighted by Gasteiger charge is 2.51. The number of fused-ring (bicyclic) bond motifs is 2. The molecule has 7 nitrogen and oxygen atoms in total. The minimum absolute atomic E-state index is 0.105. The average molecular weight is 328 g/mol. The second-order valence-corrected chi connectivity index (χ2v) is 5.90. The fraction of sp³-hybridized carbons (Fsp3) is 0.353. The maximum atomic E-state index is 12.6. The van der Waals surface area contributed by atoms with Gasteiger partial charge in [0.2, 0.25) is 5.91 Å². The minimum atomic E-state index is -1.08. The van der Waals surface area contributed by atoms with E-state index in [4.69, 9.17) is 9.47 Å². The van der Waals surface area contributed by atoms with Crippen LogP contribution < -0.4 is 0 Å². The van der Waals surface area contributed by atoms with Crippen LogP contribution in [-0.2, 0) is 19.1 Å². The lowest BCUT2D eigenvalue weighted by Crippen LogP contribution is -2.55. The number of benzene rings is 1. The van der Waals surface area contributed by atoms with Gasteiger partial charge >= 0.3 is 11.9 Å². The van der Waals surface area contributed by atoms with Gasteiger partial charge in [-0.3, -0.25) is 9.69 Å². The lowest BCUT2D eigenvalue weighted by molar-refractivity contribution is -0.169. The van der Waals surface area contributed by atoms with E-state index >= 15 is 0 Å². The average Bonchev–Trinajstić information content (AvgIpc) is 3.00. The van der Waals surface area contributed by atoms with Crippen LogP contribution in [-0.4, -0.2) is 40.4 Å². The number of nitrogens with zero attached hydrogens (tertiary/aromatic N) is 2. The molecule has 1 aromatic rings. The van der Waals surface area contributed by atoms with E-state index < -0.39 is 18.2 Å². The number of esters is 2. The topological polar surface area (TPSA) is 76.2 Å². The molecule has 7 heteroatoms. The number of amides is 1. The first-order valence-corrected chi connectivity index (χ1v) is 7.83. The Hall–Kier alpha value is -2.83. The zero-order valence-electron chi connectivity index (χ0n) is 13.3. The van der Waals surface area contributed by atoms with E-state index in [1.807, 2.05) is 11.8 Å². The number of ether oxygens (including phenoxy) is 2. The molecule has 1 saturated heterocycles. The number of carbonyl (C=O) groups is 3. The van der Waals surface area contributed by atoms with Gasteiger partial charge in [-0.05, 0) is 19.9 Å². The molecule has 1 fully saturated rings. The van der Waals surface area contributed by atoms with Crippen LogP contribution in [0.2, 0.25) is 0 Å². The molecule has 0 spiro atoms. The van der Waals surface area contributed by atoms with Crippen molar-refractivity contribution in [3.8, 4) is 0 Å². The lowest BCUT2D eigenvalue weighted by Gasteiger charge is -2.40. The van der Waals surface area contributed by atoms with Crippen molar-refractivity contribution in [1.29, 1.82) is 0 Å². The number of hydrogen-bond acceptors (Lipinski definition) is 6. The fourth-order valence-electron chi connectivity index (χ4n) is 3.50. The van der Waals surface area contributed by atoms with E-state index in [1.165, 1.54) is 4.90 Å². The van der Waals surface area contributed by atoms with Gasteiger partial charge in [0.1, 0.15) is 6.17 Å². The Morgan fingerprint density at radius 3 is 2.79 bits per heavy atom. The van der Waals surface area contributed by atoms with E-state index in [9.17, 15) is 14.4 Å². The van der Waals surface area contributed by atoms with Crippen LogP contribution in [0.1, 0.15) is 42.5 Å². The van der Waals surface area contributed by atoms with E-state index in [0.717, 1.165) is 0 Å². The molecule has 0 aromatic heterocycles. The van der Waals surface area contributed by atoms with E-state index in [0.29, 0.717) is 29.8 Å². The molecule has 2 atom stereocenters. The van der Waals surface area contributed by atoms with Gasteiger partial charge in [0.05, 0.1) is 12.0 Å². The standard InChI is InChI=1S/C17H16N2O5/c1-3-18-9(2)14(19-12(18)8-13(19)20)16(22)24-17-11-7-5-4-6-10(11)15(21)23-17/h4-7,12,17H,3,8H2,1-2H3/t12-,17?/m0/s1. The van der Waals surface area contributed by atoms with Crippen molar-refractivity contribution in [2.24, 2.45) is 0 Å². The second kappa shape index (κ2) is 5.09. The maximum Gasteiger partial charge on any atom is 0.360 e. The molecular formula is C17H16N2O5. The van der Waals surface area contributed by atoms with E-state index in [1.54, 1.807) is 31.2 Å². The molecule has 24 heavy (non-hydrogen) atoms. The van der Waals surface area contributed by atoms with Crippen LogP contribution in [0.5, 0.6) is 0 Å². The largest absolute Gasteiger partial charge is 0.417 e. The van der Waals surface area contributed by atoms with Crippen molar-refractivity contribution < 1.29 is 23.9 Å². The Balaban J connectivity index is 1.60. The number of β-lactam (4-membered cyclic amide) rings is 1. The molecule has 1 amide bonds. The van der Waals surface area contributed by atoms with Crippen molar-refractivity contribution >= 4 is 17.8 Å². The Morgan fingerprint density at radius 1 is 1.33 bits per heavy atom. The van der Waals surface area contributed by atoms with Crippen molar-refractivity contribution in [2.45, 2.75) is 32.7 Å². The smallest absolute Gasteiger partial charge is 0.360 e. The molecular weight excluding hydrogens is 312 g/mol. The Morgan fingerprint density at radius 2 is 2.08 bits per heavy atom. The number of carbonyl (C=O) groups excluding carboxylic acids is 3. The molecule has 124 valence electrons. The molecule has 0 aliphatic carbocycles. The number of cyclic esters (lactones) is 1. The number of allylic oxidation sites excluding steroid dienone is 1. The van der Waals surface area contributed by atoms with Gasteiger partial charge in [-0.25, -0.2) is 9.59 Å². The Kier molecular flexibility index (Phi) is 3.13. The van der Waals surface area contributed by atoms with Crippen molar-refractivity contribution in [3.05, 3.63) is 46.8 Å². The summed E-state index contributed by atoms with van der Waals surface area (Å²) in [6.45, 7) is 4.45. The highest BCUT2D eigenvalue weighted by Crippen LogP contribution is 2.40. The van der Waals surface area contributed by atoms with Gasteiger partial charge in [0, 0.05) is 17.8 Å². The highest BCUT2D eigenvalue weighted by molar-refractivity contribution is 5.99. The van der Waals surface area contributed by atoms with E-state index in [-0.39, 0.29) is 17.8 Å². The summed E-state index contributed by atoms with van der Waals surface area (Å²) in [7, 11) is 0. The molecule has 3 heterocycles. The summed E-state index contributed by atoms with van der Waals surface area (Å²) in [6.07, 6.45) is -0.793. The van der Waals surface area contributed by atoms with Crippen LogP contribution in [0.15, 0.2) is 35.7 Å². The third-order valence-corrected chi connectivity index (χ3v) is 4.69. The summed E-state index contributed by atoms with van der Waals surface area (Å²) < 4.78 is 10.5. The number of rotatable bonds is 3. The monoisotopic (exact) mass is 328 g/mol. The Labute approximate surface area is 138 Å². The predicted octanol–water partition coefficient (Wildman–Crippen LogP) is 1.52. The van der Waals surface area contributed by atoms with Gasteiger partial charge in [0.15, 0.2) is 5.70 Å². The molecule has 3 aliphatic heterocycles. The third kappa shape index (κ3) is 1.87. The molecule has 0 saturated carbocycles. The lowest BCUT2D eigenvalue weighted by atomic mass is 10.1. The van der Waals surface area contributed by atoms with Crippen LogP contribution in [0.4, 0.5) is 0 Å². The van der Waals surface area contributed by atoms with Crippen LogP contribution >= 0.6 is 0 Å². The third-order valence-electron chi connectivity index (χ3n) is 4.69. The second-order valence-electron chi connectivity index (χ2n) is 5.90. The first-order valence-electron chi connectivity index (χ1n) is 7.83. The summed E-state index contributed by atoms with van der Waals surface area (Å²) in [5, 5.41) is 0. The minimum Gasteiger partial charge on any atom is -0.417 e. The van der Waals surface area contributed by atoms with Gasteiger partial charge in [0.25, 0.3) is 6.29 Å². The molecule has 1 aromatic carbocycles. The fourth-order valence-corrected chi connectivity index (χ4v) is 3.50.